The Kier molecular flexibility index (Phi) is 8.15. The number of pyridine rings is 1. The third-order valence-electron chi connectivity index (χ3n) is 6.31. The largest absolute Gasteiger partial charge is 0.489 e. The molecular formula is C27H31N3O4S. The van der Waals surface area contributed by atoms with Gasteiger partial charge in [0.05, 0.1) is 0 Å². The number of amides is 1. The molecule has 2 heterocycles. The third kappa shape index (κ3) is 6.26. The summed E-state index contributed by atoms with van der Waals surface area (Å²) in [5.41, 5.74) is 2.14. The molecule has 8 heteroatoms. The highest BCUT2D eigenvalue weighted by atomic mass is 32.2. The summed E-state index contributed by atoms with van der Waals surface area (Å²) in [7, 11) is -3.58. The number of carbonyl (C=O) groups excluding carboxylic acids is 1. The highest BCUT2D eigenvalue weighted by Crippen LogP contribution is 2.25. The van der Waals surface area contributed by atoms with Gasteiger partial charge in [-0.15, -0.1) is 0 Å². The van der Waals surface area contributed by atoms with Gasteiger partial charge in [-0.2, -0.15) is 4.31 Å². The topological polar surface area (TPSA) is 79.8 Å². The number of sulfonamides is 1. The van der Waals surface area contributed by atoms with Crippen molar-refractivity contribution in [3.05, 3.63) is 90.3 Å². The van der Waals surface area contributed by atoms with Crippen molar-refractivity contribution in [2.75, 3.05) is 19.6 Å². The van der Waals surface area contributed by atoms with Crippen LogP contribution in [0.15, 0.2) is 84.0 Å². The molecule has 35 heavy (non-hydrogen) atoms. The summed E-state index contributed by atoms with van der Waals surface area (Å²) < 4.78 is 33.0. The van der Waals surface area contributed by atoms with Crippen LogP contribution >= 0.6 is 0 Å². The standard InChI is InChI=1S/C27H31N3O4S/c1-2-29(20-22-10-12-25(13-11-22)34-21-23-7-4-3-5-8-23)27(31)24-14-17-30(18-15-24)35(32,33)26-9-6-16-28-19-26/h3-13,16,19,24H,2,14-15,17-18,20-21H2,1H3. The maximum atomic E-state index is 13.2. The van der Waals surface area contributed by atoms with E-state index in [9.17, 15) is 13.2 Å². The fourth-order valence-electron chi connectivity index (χ4n) is 4.25. The van der Waals surface area contributed by atoms with E-state index in [2.05, 4.69) is 4.98 Å². The molecule has 1 aromatic heterocycles. The van der Waals surface area contributed by atoms with Gasteiger partial charge in [0.2, 0.25) is 15.9 Å². The van der Waals surface area contributed by atoms with E-state index < -0.39 is 10.0 Å². The Bertz CT molecular complexity index is 1190. The first-order chi connectivity index (χ1) is 17.0. The number of hydrogen-bond donors (Lipinski definition) is 0. The Balaban J connectivity index is 1.30. The first-order valence-electron chi connectivity index (χ1n) is 11.9. The number of carbonyl (C=O) groups is 1. The summed E-state index contributed by atoms with van der Waals surface area (Å²) in [6, 6.07) is 21.0. The van der Waals surface area contributed by atoms with Crippen molar-refractivity contribution in [3.8, 4) is 5.75 Å². The molecule has 0 aliphatic carbocycles. The molecule has 184 valence electrons. The zero-order valence-electron chi connectivity index (χ0n) is 19.9. The average Bonchev–Trinajstić information content (AvgIpc) is 2.92. The summed E-state index contributed by atoms with van der Waals surface area (Å²) in [6.45, 7) is 4.26. The molecule has 0 spiro atoms. The van der Waals surface area contributed by atoms with Gasteiger partial charge in [-0.1, -0.05) is 42.5 Å². The van der Waals surface area contributed by atoms with Gasteiger partial charge in [-0.25, -0.2) is 8.42 Å². The molecule has 0 radical (unpaired) electrons. The Morgan fingerprint density at radius 3 is 2.34 bits per heavy atom. The summed E-state index contributed by atoms with van der Waals surface area (Å²) in [4.78, 5) is 19.2. The smallest absolute Gasteiger partial charge is 0.244 e. The molecule has 1 aliphatic rings. The van der Waals surface area contributed by atoms with Crippen LogP contribution in [0.3, 0.4) is 0 Å². The Labute approximate surface area is 207 Å². The van der Waals surface area contributed by atoms with E-state index >= 15 is 0 Å². The van der Waals surface area contributed by atoms with Crippen LogP contribution in [-0.4, -0.2) is 48.1 Å². The van der Waals surface area contributed by atoms with Crippen LogP contribution in [0.1, 0.15) is 30.9 Å². The van der Waals surface area contributed by atoms with E-state index in [1.165, 1.54) is 10.5 Å². The average molecular weight is 494 g/mol. The van der Waals surface area contributed by atoms with Gasteiger partial charge >= 0.3 is 0 Å². The van der Waals surface area contributed by atoms with Gasteiger partial charge in [-0.3, -0.25) is 9.78 Å². The lowest BCUT2D eigenvalue weighted by Crippen LogP contribution is -2.44. The molecule has 0 bridgehead atoms. The van der Waals surface area contributed by atoms with Gasteiger partial charge in [0.15, 0.2) is 0 Å². The monoisotopic (exact) mass is 493 g/mol. The van der Waals surface area contributed by atoms with E-state index in [0.717, 1.165) is 16.9 Å². The summed E-state index contributed by atoms with van der Waals surface area (Å²) >= 11 is 0. The fourth-order valence-corrected chi connectivity index (χ4v) is 5.68. The molecule has 2 aromatic carbocycles. The quantitative estimate of drug-likeness (QED) is 0.448. The van der Waals surface area contributed by atoms with Crippen molar-refractivity contribution in [3.63, 3.8) is 0 Å². The highest BCUT2D eigenvalue weighted by molar-refractivity contribution is 7.89. The zero-order valence-corrected chi connectivity index (χ0v) is 20.7. The summed E-state index contributed by atoms with van der Waals surface area (Å²) in [5, 5.41) is 0. The SMILES string of the molecule is CCN(Cc1ccc(OCc2ccccc2)cc1)C(=O)C1CCN(S(=O)(=O)c2cccnc2)CC1. The van der Waals surface area contributed by atoms with E-state index in [1.807, 2.05) is 66.4 Å². The van der Waals surface area contributed by atoms with Crippen LogP contribution in [0.25, 0.3) is 0 Å². The molecule has 1 amide bonds. The van der Waals surface area contributed by atoms with Gasteiger partial charge in [0.1, 0.15) is 17.3 Å². The normalized spacial score (nSPS) is 15.0. The molecule has 1 fully saturated rings. The Hall–Kier alpha value is -3.23. The van der Waals surface area contributed by atoms with Crippen LogP contribution in [-0.2, 0) is 28.0 Å². The predicted octanol–water partition coefficient (Wildman–Crippen LogP) is 4.11. The molecule has 3 aromatic rings. The Morgan fingerprint density at radius 2 is 1.71 bits per heavy atom. The van der Waals surface area contributed by atoms with Crippen LogP contribution in [0.4, 0.5) is 0 Å². The second-order valence-electron chi connectivity index (χ2n) is 8.64. The molecule has 1 saturated heterocycles. The lowest BCUT2D eigenvalue weighted by Gasteiger charge is -2.33. The minimum atomic E-state index is -3.58. The van der Waals surface area contributed by atoms with Crippen molar-refractivity contribution in [1.29, 1.82) is 0 Å². The van der Waals surface area contributed by atoms with E-state index in [-0.39, 0.29) is 16.7 Å². The number of benzene rings is 2. The summed E-state index contributed by atoms with van der Waals surface area (Å²) in [6.07, 6.45) is 3.94. The fraction of sp³-hybridized carbons (Fsp3) is 0.333. The van der Waals surface area contributed by atoms with Crippen LogP contribution in [0.5, 0.6) is 5.75 Å². The number of nitrogens with zero attached hydrogens (tertiary/aromatic N) is 3. The lowest BCUT2D eigenvalue weighted by molar-refractivity contribution is -0.137. The van der Waals surface area contributed by atoms with Crippen molar-refractivity contribution >= 4 is 15.9 Å². The van der Waals surface area contributed by atoms with Crippen molar-refractivity contribution < 1.29 is 17.9 Å². The zero-order chi connectivity index (χ0) is 24.7. The van der Waals surface area contributed by atoms with Crippen molar-refractivity contribution in [2.45, 2.75) is 37.8 Å². The third-order valence-corrected chi connectivity index (χ3v) is 8.20. The molecule has 0 saturated carbocycles. The minimum Gasteiger partial charge on any atom is -0.489 e. The minimum absolute atomic E-state index is 0.0790. The molecule has 0 unspecified atom stereocenters. The predicted molar refractivity (Wildman–Crippen MR) is 134 cm³/mol. The lowest BCUT2D eigenvalue weighted by atomic mass is 9.96. The maximum Gasteiger partial charge on any atom is 0.244 e. The molecule has 0 N–H and O–H groups in total. The van der Waals surface area contributed by atoms with Gasteiger partial charge < -0.3 is 9.64 Å². The highest BCUT2D eigenvalue weighted by Gasteiger charge is 2.33. The first kappa shape index (κ1) is 24.9. The number of hydrogen-bond acceptors (Lipinski definition) is 5. The number of ether oxygens (including phenoxy) is 1. The summed E-state index contributed by atoms with van der Waals surface area (Å²) in [5.74, 6) is 0.688. The number of rotatable bonds is 9. The van der Waals surface area contributed by atoms with E-state index in [4.69, 9.17) is 4.74 Å². The van der Waals surface area contributed by atoms with Gasteiger partial charge in [-0.05, 0) is 55.2 Å². The first-order valence-corrected chi connectivity index (χ1v) is 13.4. The van der Waals surface area contributed by atoms with Gasteiger partial charge in [0.25, 0.3) is 0 Å². The van der Waals surface area contributed by atoms with Crippen molar-refractivity contribution in [1.82, 2.24) is 14.2 Å². The Morgan fingerprint density at radius 1 is 1.00 bits per heavy atom. The molecule has 4 rings (SSSR count). The van der Waals surface area contributed by atoms with Crippen LogP contribution in [0, 0.1) is 5.92 Å². The van der Waals surface area contributed by atoms with Crippen LogP contribution in [0.2, 0.25) is 0 Å². The van der Waals surface area contributed by atoms with Crippen LogP contribution < -0.4 is 4.74 Å². The van der Waals surface area contributed by atoms with Crippen molar-refractivity contribution in [2.24, 2.45) is 5.92 Å². The number of piperidine rings is 1. The second-order valence-corrected chi connectivity index (χ2v) is 10.6. The van der Waals surface area contributed by atoms with E-state index in [1.54, 1.807) is 18.3 Å². The second kappa shape index (κ2) is 11.5. The molecule has 0 atom stereocenters. The molecule has 1 aliphatic heterocycles. The maximum absolute atomic E-state index is 13.2. The molecular weight excluding hydrogens is 462 g/mol. The number of aromatic nitrogens is 1. The van der Waals surface area contributed by atoms with E-state index in [0.29, 0.717) is 45.6 Å². The molecule has 7 nitrogen and oxygen atoms in total. The van der Waals surface area contributed by atoms with Gasteiger partial charge in [0, 0.05) is 44.5 Å².